The summed E-state index contributed by atoms with van der Waals surface area (Å²) in [7, 11) is 0. The summed E-state index contributed by atoms with van der Waals surface area (Å²) in [6.07, 6.45) is 0. The maximum absolute atomic E-state index is 3.25. The fraction of sp³-hybridized carbons (Fsp3) is 0. The molecule has 0 bridgehead atoms. The summed E-state index contributed by atoms with van der Waals surface area (Å²) in [4.78, 5) is 3.25. The quantitative estimate of drug-likeness (QED) is 0.186. The van der Waals surface area contributed by atoms with Crippen molar-refractivity contribution < 1.29 is 20.0 Å². The van der Waals surface area contributed by atoms with E-state index in [-0.39, 0.29) is 0 Å². The Kier molecular flexibility index (Phi) is 7.40. The van der Waals surface area contributed by atoms with Crippen LogP contribution in [0.3, 0.4) is 0 Å². The van der Waals surface area contributed by atoms with Gasteiger partial charge in [-0.05, 0) is 11.1 Å². The molecule has 0 spiro atoms. The van der Waals surface area contributed by atoms with Crippen molar-refractivity contribution in [3.05, 3.63) is 133 Å². The van der Waals surface area contributed by atoms with Crippen molar-refractivity contribution in [3.8, 4) is 22.3 Å². The molecule has 0 heterocycles. The van der Waals surface area contributed by atoms with Gasteiger partial charge in [0.25, 0.3) is 0 Å². The maximum Gasteiger partial charge on any atom is -0.0279 e. The first-order valence-electron chi connectivity index (χ1n) is 10.7. The molecule has 0 saturated carbocycles. The van der Waals surface area contributed by atoms with Gasteiger partial charge in [-0.1, -0.05) is 83.9 Å². The molecular weight excluding hydrogens is 420 g/mol. The Morgan fingerprint density at radius 2 is 0.844 bits per heavy atom. The number of fused-ring (bicyclic) bond motifs is 2. The minimum Gasteiger partial charge on any atom is -0.168 e. The van der Waals surface area contributed by atoms with Crippen LogP contribution in [0.1, 0.15) is 0 Å². The van der Waals surface area contributed by atoms with Crippen LogP contribution in [0.5, 0.6) is 0 Å². The molecule has 0 unspecified atom stereocenters. The molecule has 0 amide bonds. The minimum atomic E-state index is 1.29. The number of benzene rings is 4. The zero-order chi connectivity index (χ0) is 22.2. The first-order chi connectivity index (χ1) is 15.9. The predicted molar refractivity (Wildman–Crippen MR) is 137 cm³/mol. The van der Waals surface area contributed by atoms with E-state index in [2.05, 4.69) is 138 Å². The molecule has 6 aromatic carbocycles. The van der Waals surface area contributed by atoms with Gasteiger partial charge in [-0.15, -0.1) is 57.9 Å². The summed E-state index contributed by atoms with van der Waals surface area (Å²) in [6, 6.07) is 46.8. The van der Waals surface area contributed by atoms with E-state index in [1.54, 1.807) is 20.0 Å². The summed E-state index contributed by atoms with van der Waals surface area (Å²) in [5, 5.41) is 5.31. The summed E-state index contributed by atoms with van der Waals surface area (Å²) in [6.45, 7) is 0. The summed E-state index contributed by atoms with van der Waals surface area (Å²) >= 11 is 1.75. The van der Waals surface area contributed by atoms with Crippen molar-refractivity contribution in [2.24, 2.45) is 0 Å². The molecule has 0 aliphatic heterocycles. The van der Waals surface area contributed by atoms with E-state index in [0.29, 0.717) is 0 Å². The van der Waals surface area contributed by atoms with Crippen LogP contribution in [0.15, 0.2) is 133 Å². The van der Waals surface area contributed by atoms with Gasteiger partial charge in [0.2, 0.25) is 0 Å². The summed E-state index contributed by atoms with van der Waals surface area (Å²) in [5.41, 5.74) is 5.21. The third-order valence-electron chi connectivity index (χ3n) is 5.53. The van der Waals surface area contributed by atoms with Crippen LogP contribution in [0.2, 0.25) is 0 Å². The fourth-order valence-electron chi connectivity index (χ4n) is 4.06. The first kappa shape index (κ1) is 21.9. The van der Waals surface area contributed by atoms with Gasteiger partial charge >= 0.3 is 24.8 Å². The van der Waals surface area contributed by atoms with Gasteiger partial charge in [-0.3, -0.25) is 0 Å². The van der Waals surface area contributed by atoms with Crippen LogP contribution >= 0.6 is 0 Å². The van der Waals surface area contributed by atoms with Crippen molar-refractivity contribution in [2.45, 2.75) is 0 Å². The molecule has 0 aromatic heterocycles. The Balaban J connectivity index is 0.000000142. The molecule has 0 saturated heterocycles. The van der Waals surface area contributed by atoms with Crippen LogP contribution < -0.4 is 0 Å². The van der Waals surface area contributed by atoms with Gasteiger partial charge in [-0.2, -0.15) is 24.3 Å². The average molecular weight is 444 g/mol. The maximum atomic E-state index is 3.25. The van der Waals surface area contributed by atoms with E-state index in [9.17, 15) is 0 Å². The number of hydrogen-bond acceptors (Lipinski definition) is 0. The van der Waals surface area contributed by atoms with E-state index < -0.39 is 0 Å². The molecule has 32 heavy (non-hydrogen) atoms. The van der Waals surface area contributed by atoms with Crippen LogP contribution in [0.25, 0.3) is 43.8 Å². The standard InChI is InChI=1S/2C15H11.CH2.Ti/c2*1-2-6-12(7-3-1)14-10-4-8-13-9-5-11-15(13)14;;/h2*1-11H;1H2;/q2*-1;;+2. The summed E-state index contributed by atoms with van der Waals surface area (Å²) in [5.74, 6) is 0. The van der Waals surface area contributed by atoms with E-state index >= 15 is 0 Å². The fourth-order valence-corrected chi connectivity index (χ4v) is 4.06. The zero-order valence-electron chi connectivity index (χ0n) is 17.9. The van der Waals surface area contributed by atoms with Crippen molar-refractivity contribution >= 4 is 26.4 Å². The third kappa shape index (κ3) is 4.78. The van der Waals surface area contributed by atoms with Gasteiger partial charge in [-0.25, -0.2) is 0 Å². The summed E-state index contributed by atoms with van der Waals surface area (Å²) < 4.78 is 0. The molecule has 0 aliphatic rings. The Morgan fingerprint density at radius 3 is 1.25 bits per heavy atom. The molecule has 0 atom stereocenters. The Hall–Kier alpha value is -3.32. The number of rotatable bonds is 2. The van der Waals surface area contributed by atoms with Crippen molar-refractivity contribution in [1.82, 2.24) is 0 Å². The van der Waals surface area contributed by atoms with Gasteiger partial charge in [0.15, 0.2) is 0 Å². The predicted octanol–water partition coefficient (Wildman–Crippen LogP) is 8.42. The van der Waals surface area contributed by atoms with Crippen LogP contribution in [0.4, 0.5) is 0 Å². The van der Waals surface area contributed by atoms with Gasteiger partial charge in [0.05, 0.1) is 0 Å². The second-order valence-corrected chi connectivity index (χ2v) is 7.40. The monoisotopic (exact) mass is 444 g/mol. The molecule has 152 valence electrons. The van der Waals surface area contributed by atoms with Crippen molar-refractivity contribution in [3.63, 3.8) is 0 Å². The normalized spacial score (nSPS) is 10.2. The molecular formula is C31H24Ti. The Labute approximate surface area is 201 Å². The minimum absolute atomic E-state index is 1.29. The first-order valence-corrected chi connectivity index (χ1v) is 11.8. The molecule has 6 aromatic rings. The van der Waals surface area contributed by atoms with E-state index in [1.807, 2.05) is 0 Å². The Morgan fingerprint density at radius 1 is 0.438 bits per heavy atom. The average Bonchev–Trinajstić information content (AvgIpc) is 3.56. The van der Waals surface area contributed by atoms with Gasteiger partial charge < -0.3 is 0 Å². The van der Waals surface area contributed by atoms with Crippen LogP contribution in [-0.2, 0) is 20.0 Å². The van der Waals surface area contributed by atoms with Crippen molar-refractivity contribution in [2.75, 3.05) is 0 Å². The number of hydrogen-bond donors (Lipinski definition) is 0. The van der Waals surface area contributed by atoms with Crippen LogP contribution in [0, 0.1) is 0 Å². The molecule has 1 heteroatoms. The van der Waals surface area contributed by atoms with Gasteiger partial charge in [0, 0.05) is 0 Å². The molecule has 0 aliphatic carbocycles. The topological polar surface area (TPSA) is 0 Å². The molecule has 0 nitrogen and oxygen atoms in total. The van der Waals surface area contributed by atoms with Crippen molar-refractivity contribution in [1.29, 1.82) is 0 Å². The zero-order valence-corrected chi connectivity index (χ0v) is 19.5. The SMILES string of the molecule is [CH2]=[Ti+2].c1ccc(-c2cccc3[cH-]ccc23)cc1.c1ccc(-c2cccc3[cH-]ccc23)cc1. The van der Waals surface area contributed by atoms with E-state index in [4.69, 9.17) is 0 Å². The second-order valence-electron chi connectivity index (χ2n) is 7.40. The van der Waals surface area contributed by atoms with E-state index in [1.165, 1.54) is 43.8 Å². The molecule has 0 N–H and O–H groups in total. The molecule has 6 rings (SSSR count). The Bertz CT molecular complexity index is 1280. The van der Waals surface area contributed by atoms with E-state index in [0.717, 1.165) is 0 Å². The second kappa shape index (κ2) is 10.8. The van der Waals surface area contributed by atoms with Crippen LogP contribution in [-0.4, -0.2) is 4.82 Å². The molecule has 0 fully saturated rings. The molecule has 0 radical (unpaired) electrons. The smallest absolute Gasteiger partial charge is 0.0279 e. The van der Waals surface area contributed by atoms with Gasteiger partial charge in [0.1, 0.15) is 0 Å². The third-order valence-corrected chi connectivity index (χ3v) is 5.53. The largest absolute Gasteiger partial charge is 0.168 e.